The molecule has 68 valence electrons. The summed E-state index contributed by atoms with van der Waals surface area (Å²) in [5.74, 6) is -1.94. The van der Waals surface area contributed by atoms with Gasteiger partial charge in [0.2, 0.25) is 5.83 Å². The lowest BCUT2D eigenvalue weighted by atomic mass is 10.3. The van der Waals surface area contributed by atoms with Crippen LogP contribution in [0.3, 0.4) is 0 Å². The molecule has 0 saturated carbocycles. The van der Waals surface area contributed by atoms with Gasteiger partial charge in [-0.1, -0.05) is 29.8 Å². The van der Waals surface area contributed by atoms with E-state index >= 15 is 0 Å². The molecular weight excluding hydrogens is 195 g/mol. The molecule has 0 amide bonds. The molecule has 0 spiro atoms. The van der Waals surface area contributed by atoms with E-state index in [-0.39, 0.29) is 5.75 Å². The van der Waals surface area contributed by atoms with Crippen LogP contribution in [0.2, 0.25) is 0 Å². The average Bonchev–Trinajstić information content (AvgIpc) is 2.18. The fraction of sp³-hybridized carbons (Fsp3) is 0. The zero-order valence-corrected chi connectivity index (χ0v) is 7.29. The lowest BCUT2D eigenvalue weighted by molar-refractivity contribution is -0.131. The molecule has 0 N–H and O–H groups in total. The fourth-order valence-corrected chi connectivity index (χ4v) is 0.778. The van der Waals surface area contributed by atoms with E-state index in [1.165, 1.54) is 0 Å². The third-order valence-electron chi connectivity index (χ3n) is 1.24. The van der Waals surface area contributed by atoms with Crippen LogP contribution in [0.1, 0.15) is 0 Å². The first-order chi connectivity index (χ1) is 6.24. The molecule has 0 atom stereocenters. The summed E-state index contributed by atoms with van der Waals surface area (Å²) in [7, 11) is 0. The van der Waals surface area contributed by atoms with E-state index < -0.39 is 11.8 Å². The molecule has 0 heterocycles. The van der Waals surface area contributed by atoms with E-state index in [1.807, 2.05) is 0 Å². The molecule has 0 aliphatic heterocycles. The highest BCUT2D eigenvalue weighted by atomic mass is 35.5. The SMILES string of the molecule is O=C(Oc1ccccc1)/C(F)=C\Cl. The highest BCUT2D eigenvalue weighted by molar-refractivity contribution is 6.27. The Labute approximate surface area is 79.6 Å². The number of hydrogen-bond donors (Lipinski definition) is 0. The number of rotatable bonds is 2. The third-order valence-corrected chi connectivity index (χ3v) is 1.44. The maximum Gasteiger partial charge on any atom is 0.373 e. The Kier molecular flexibility index (Phi) is 3.46. The van der Waals surface area contributed by atoms with Crippen molar-refractivity contribution in [1.82, 2.24) is 0 Å². The second kappa shape index (κ2) is 4.62. The van der Waals surface area contributed by atoms with Gasteiger partial charge in [0.25, 0.3) is 0 Å². The Morgan fingerprint density at radius 2 is 2.00 bits per heavy atom. The summed E-state index contributed by atoms with van der Waals surface area (Å²) in [6, 6.07) is 8.18. The van der Waals surface area contributed by atoms with E-state index in [1.54, 1.807) is 30.3 Å². The van der Waals surface area contributed by atoms with Crippen molar-refractivity contribution in [2.45, 2.75) is 0 Å². The van der Waals surface area contributed by atoms with Gasteiger partial charge in [-0.2, -0.15) is 4.39 Å². The van der Waals surface area contributed by atoms with E-state index in [0.717, 1.165) is 0 Å². The maximum absolute atomic E-state index is 12.5. The second-order valence-electron chi connectivity index (χ2n) is 2.16. The summed E-state index contributed by atoms with van der Waals surface area (Å²) < 4.78 is 17.1. The molecule has 0 aliphatic rings. The van der Waals surface area contributed by atoms with Crippen molar-refractivity contribution in [3.8, 4) is 5.75 Å². The Balaban J connectivity index is 2.66. The summed E-state index contributed by atoms with van der Waals surface area (Å²) in [5.41, 5.74) is 0.533. The third kappa shape index (κ3) is 2.87. The first-order valence-corrected chi connectivity index (χ1v) is 3.91. The topological polar surface area (TPSA) is 26.3 Å². The number of para-hydroxylation sites is 1. The van der Waals surface area contributed by atoms with Crippen molar-refractivity contribution >= 4 is 17.6 Å². The van der Waals surface area contributed by atoms with Crippen molar-refractivity contribution in [2.24, 2.45) is 0 Å². The van der Waals surface area contributed by atoms with Gasteiger partial charge in [-0.3, -0.25) is 0 Å². The van der Waals surface area contributed by atoms with Crippen molar-refractivity contribution in [1.29, 1.82) is 0 Å². The molecule has 0 saturated heterocycles. The van der Waals surface area contributed by atoms with Crippen molar-refractivity contribution < 1.29 is 13.9 Å². The first kappa shape index (κ1) is 9.74. The summed E-state index contributed by atoms with van der Waals surface area (Å²) >= 11 is 4.98. The van der Waals surface area contributed by atoms with E-state index in [9.17, 15) is 9.18 Å². The highest BCUT2D eigenvalue weighted by Crippen LogP contribution is 2.11. The predicted octanol–water partition coefficient (Wildman–Crippen LogP) is 2.64. The number of halogens is 2. The zero-order chi connectivity index (χ0) is 9.68. The number of esters is 1. The van der Waals surface area contributed by atoms with Crippen LogP contribution in [0.15, 0.2) is 41.7 Å². The Hall–Kier alpha value is -1.35. The molecule has 0 radical (unpaired) electrons. The number of ether oxygens (including phenoxy) is 1. The van der Waals surface area contributed by atoms with Gasteiger partial charge in [-0.15, -0.1) is 0 Å². The largest absolute Gasteiger partial charge is 0.421 e. The number of carbonyl (C=O) groups excluding carboxylic acids is 1. The summed E-state index contributed by atoms with van der Waals surface area (Å²) in [6.07, 6.45) is 0. The molecule has 1 aromatic carbocycles. The fourth-order valence-electron chi connectivity index (χ4n) is 0.689. The van der Waals surface area contributed by atoms with Crippen LogP contribution in [0, 0.1) is 0 Å². The molecule has 13 heavy (non-hydrogen) atoms. The van der Waals surface area contributed by atoms with Crippen molar-refractivity contribution in [3.05, 3.63) is 41.7 Å². The van der Waals surface area contributed by atoms with Gasteiger partial charge in [0, 0.05) is 5.54 Å². The van der Waals surface area contributed by atoms with Crippen molar-refractivity contribution in [2.75, 3.05) is 0 Å². The normalized spacial score (nSPS) is 11.1. The molecule has 2 nitrogen and oxygen atoms in total. The number of benzene rings is 1. The first-order valence-electron chi connectivity index (χ1n) is 3.47. The van der Waals surface area contributed by atoms with Crippen LogP contribution in [-0.2, 0) is 4.79 Å². The molecule has 1 rings (SSSR count). The smallest absolute Gasteiger partial charge is 0.373 e. The van der Waals surface area contributed by atoms with Crippen LogP contribution in [0.5, 0.6) is 5.75 Å². The molecule has 0 unspecified atom stereocenters. The molecule has 4 heteroatoms. The van der Waals surface area contributed by atoms with Crippen LogP contribution < -0.4 is 4.74 Å². The Bertz CT molecular complexity index is 322. The summed E-state index contributed by atoms with van der Waals surface area (Å²) in [4.78, 5) is 10.8. The van der Waals surface area contributed by atoms with Gasteiger partial charge >= 0.3 is 5.97 Å². The summed E-state index contributed by atoms with van der Waals surface area (Å²) in [6.45, 7) is 0. The van der Waals surface area contributed by atoms with Gasteiger partial charge in [-0.05, 0) is 12.1 Å². The van der Waals surface area contributed by atoms with Crippen LogP contribution in [0.4, 0.5) is 4.39 Å². The Morgan fingerprint density at radius 1 is 1.38 bits per heavy atom. The highest BCUT2D eigenvalue weighted by Gasteiger charge is 2.09. The van der Waals surface area contributed by atoms with Gasteiger partial charge in [0.05, 0.1) is 0 Å². The minimum absolute atomic E-state index is 0.279. The van der Waals surface area contributed by atoms with Gasteiger partial charge in [-0.25, -0.2) is 4.79 Å². The average molecular weight is 201 g/mol. The lowest BCUT2D eigenvalue weighted by Gasteiger charge is -2.00. The van der Waals surface area contributed by atoms with Gasteiger partial charge < -0.3 is 4.74 Å². The molecular formula is C9H6ClFO2. The monoisotopic (exact) mass is 200 g/mol. The molecule has 0 fully saturated rings. The van der Waals surface area contributed by atoms with Crippen molar-refractivity contribution in [3.63, 3.8) is 0 Å². The van der Waals surface area contributed by atoms with Crippen LogP contribution >= 0.6 is 11.6 Å². The minimum atomic E-state index is -1.12. The Morgan fingerprint density at radius 3 is 2.54 bits per heavy atom. The second-order valence-corrected chi connectivity index (χ2v) is 2.38. The quantitative estimate of drug-likeness (QED) is 0.417. The molecule has 1 aromatic rings. The summed E-state index contributed by atoms with van der Waals surface area (Å²) in [5, 5.41) is 0. The number of hydrogen-bond acceptors (Lipinski definition) is 2. The number of carbonyl (C=O) groups is 1. The van der Waals surface area contributed by atoms with E-state index in [4.69, 9.17) is 11.6 Å². The standard InChI is InChI=1S/C9H6ClFO2/c10-6-8(11)9(12)13-7-4-2-1-3-5-7/h1-6H/b8-6+. The molecule has 0 bridgehead atoms. The molecule has 0 aliphatic carbocycles. The predicted molar refractivity (Wildman–Crippen MR) is 47.1 cm³/mol. The van der Waals surface area contributed by atoms with Gasteiger partial charge in [0.1, 0.15) is 5.75 Å². The minimum Gasteiger partial charge on any atom is -0.421 e. The van der Waals surface area contributed by atoms with E-state index in [0.29, 0.717) is 5.54 Å². The lowest BCUT2D eigenvalue weighted by Crippen LogP contribution is -2.07. The maximum atomic E-state index is 12.5. The molecule has 0 aromatic heterocycles. The van der Waals surface area contributed by atoms with Crippen LogP contribution in [0.25, 0.3) is 0 Å². The van der Waals surface area contributed by atoms with Crippen LogP contribution in [-0.4, -0.2) is 5.97 Å². The van der Waals surface area contributed by atoms with Gasteiger partial charge in [0.15, 0.2) is 0 Å². The zero-order valence-electron chi connectivity index (χ0n) is 6.54. The van der Waals surface area contributed by atoms with E-state index in [2.05, 4.69) is 4.74 Å².